The van der Waals surface area contributed by atoms with Crippen LogP contribution in [0, 0.1) is 5.41 Å². The van der Waals surface area contributed by atoms with Gasteiger partial charge in [-0.05, 0) is 11.8 Å². The van der Waals surface area contributed by atoms with E-state index in [1.807, 2.05) is 0 Å². The fourth-order valence-corrected chi connectivity index (χ4v) is 1.49. The molecule has 0 aliphatic rings. The van der Waals surface area contributed by atoms with E-state index in [1.165, 1.54) is 12.6 Å². The summed E-state index contributed by atoms with van der Waals surface area (Å²) in [7, 11) is 0. The van der Waals surface area contributed by atoms with Gasteiger partial charge in [0.25, 0.3) is 5.91 Å². The van der Waals surface area contributed by atoms with E-state index >= 15 is 0 Å². The molecule has 84 valence electrons. The molecule has 0 saturated heterocycles. The molecular formula is C11H18N2O2. The van der Waals surface area contributed by atoms with Crippen LogP contribution in [0.25, 0.3) is 0 Å². The van der Waals surface area contributed by atoms with Gasteiger partial charge in [0.1, 0.15) is 0 Å². The van der Waals surface area contributed by atoms with E-state index < -0.39 is 0 Å². The summed E-state index contributed by atoms with van der Waals surface area (Å²) in [6.07, 6.45) is 3.57. The van der Waals surface area contributed by atoms with Gasteiger partial charge in [-0.3, -0.25) is 4.79 Å². The number of carbonyl (C=O) groups excluding carboxylic acids is 1. The van der Waals surface area contributed by atoms with E-state index in [1.54, 1.807) is 0 Å². The van der Waals surface area contributed by atoms with Gasteiger partial charge in [-0.1, -0.05) is 27.7 Å². The lowest BCUT2D eigenvalue weighted by Crippen LogP contribution is -2.43. The number of rotatable bonds is 3. The summed E-state index contributed by atoms with van der Waals surface area (Å²) < 4.78 is 4.93. The van der Waals surface area contributed by atoms with Crippen molar-refractivity contribution in [3.63, 3.8) is 0 Å². The maximum absolute atomic E-state index is 11.7. The zero-order chi connectivity index (χ0) is 11.5. The second kappa shape index (κ2) is 4.47. The molecule has 1 amide bonds. The third-order valence-corrected chi connectivity index (χ3v) is 2.42. The number of oxazole rings is 1. The maximum atomic E-state index is 11.7. The largest absolute Gasteiger partial charge is 0.438 e. The Morgan fingerprint density at radius 3 is 2.67 bits per heavy atom. The van der Waals surface area contributed by atoms with Gasteiger partial charge in [-0.15, -0.1) is 0 Å². The van der Waals surface area contributed by atoms with Crippen molar-refractivity contribution in [2.24, 2.45) is 5.41 Å². The van der Waals surface area contributed by atoms with Crippen LogP contribution >= 0.6 is 0 Å². The van der Waals surface area contributed by atoms with Crippen LogP contribution in [0.4, 0.5) is 0 Å². The molecule has 0 fully saturated rings. The Hall–Kier alpha value is -1.32. The van der Waals surface area contributed by atoms with Crippen LogP contribution in [0.15, 0.2) is 17.0 Å². The zero-order valence-corrected chi connectivity index (χ0v) is 9.70. The van der Waals surface area contributed by atoms with Crippen LogP contribution in [-0.2, 0) is 0 Å². The number of hydrogen-bond acceptors (Lipinski definition) is 3. The quantitative estimate of drug-likeness (QED) is 0.832. The fraction of sp³-hybridized carbons (Fsp3) is 0.636. The first-order valence-corrected chi connectivity index (χ1v) is 5.14. The van der Waals surface area contributed by atoms with Crippen molar-refractivity contribution in [3.05, 3.63) is 18.4 Å². The fourth-order valence-electron chi connectivity index (χ4n) is 1.49. The third kappa shape index (κ3) is 3.08. The monoisotopic (exact) mass is 210 g/mol. The Morgan fingerprint density at radius 1 is 1.60 bits per heavy atom. The second-order valence-electron chi connectivity index (χ2n) is 4.67. The molecule has 0 saturated carbocycles. The van der Waals surface area contributed by atoms with Gasteiger partial charge >= 0.3 is 0 Å². The first kappa shape index (κ1) is 11.8. The van der Waals surface area contributed by atoms with Crippen LogP contribution in [-0.4, -0.2) is 16.9 Å². The molecule has 1 aromatic rings. The summed E-state index contributed by atoms with van der Waals surface area (Å²) in [5, 5.41) is 2.94. The number of amides is 1. The highest BCUT2D eigenvalue weighted by molar-refractivity contribution is 5.91. The smallest absolute Gasteiger partial charge is 0.288 e. The molecule has 4 heteroatoms. The van der Waals surface area contributed by atoms with Gasteiger partial charge in [-0.2, -0.15) is 0 Å². The molecule has 1 N–H and O–H groups in total. The molecule has 1 aromatic heterocycles. The average molecular weight is 210 g/mol. The van der Waals surface area contributed by atoms with Gasteiger partial charge in [0, 0.05) is 6.04 Å². The minimum absolute atomic E-state index is 0.0461. The lowest BCUT2D eigenvalue weighted by atomic mass is 9.85. The molecule has 0 aliphatic heterocycles. The summed E-state index contributed by atoms with van der Waals surface area (Å²) in [6.45, 7) is 8.35. The number of carbonyl (C=O) groups is 1. The molecule has 0 aliphatic carbocycles. The molecule has 15 heavy (non-hydrogen) atoms. The van der Waals surface area contributed by atoms with Crippen LogP contribution < -0.4 is 5.32 Å². The number of aromatic nitrogens is 1. The highest BCUT2D eigenvalue weighted by atomic mass is 16.3. The van der Waals surface area contributed by atoms with Gasteiger partial charge in [0.05, 0.1) is 6.20 Å². The summed E-state index contributed by atoms with van der Waals surface area (Å²) in [4.78, 5) is 15.4. The van der Waals surface area contributed by atoms with Gasteiger partial charge in [0.2, 0.25) is 5.76 Å². The Morgan fingerprint density at radius 2 is 2.27 bits per heavy atom. The van der Waals surface area contributed by atoms with Crippen LogP contribution in [0.3, 0.4) is 0 Å². The molecular weight excluding hydrogens is 192 g/mol. The molecule has 4 nitrogen and oxygen atoms in total. The van der Waals surface area contributed by atoms with E-state index in [0.29, 0.717) is 0 Å². The van der Waals surface area contributed by atoms with E-state index in [-0.39, 0.29) is 23.1 Å². The third-order valence-electron chi connectivity index (χ3n) is 2.42. The van der Waals surface area contributed by atoms with Crippen molar-refractivity contribution >= 4 is 5.91 Å². The first-order chi connectivity index (χ1) is 6.95. The molecule has 1 rings (SSSR count). The van der Waals surface area contributed by atoms with Crippen molar-refractivity contribution in [2.45, 2.75) is 40.2 Å². The standard InChI is InChI=1S/C11H18N2O2/c1-5-9(11(2,3)4)13-10(14)8-6-12-7-15-8/h6-7,9H,5H2,1-4H3,(H,13,14). The summed E-state index contributed by atoms with van der Waals surface area (Å²) >= 11 is 0. The molecule has 1 atom stereocenters. The normalized spacial score (nSPS) is 13.6. The van der Waals surface area contributed by atoms with Crippen molar-refractivity contribution in [3.8, 4) is 0 Å². The van der Waals surface area contributed by atoms with Crippen LogP contribution in [0.2, 0.25) is 0 Å². The summed E-state index contributed by atoms with van der Waals surface area (Å²) in [5.74, 6) is 0.0620. The van der Waals surface area contributed by atoms with Crippen LogP contribution in [0.1, 0.15) is 44.7 Å². The van der Waals surface area contributed by atoms with Gasteiger partial charge in [-0.25, -0.2) is 4.98 Å². The Kier molecular flexibility index (Phi) is 3.50. The van der Waals surface area contributed by atoms with Crippen molar-refractivity contribution in [1.29, 1.82) is 0 Å². The minimum Gasteiger partial charge on any atom is -0.438 e. The first-order valence-electron chi connectivity index (χ1n) is 5.14. The summed E-state index contributed by atoms with van der Waals surface area (Å²) in [6, 6.07) is 0.134. The Labute approximate surface area is 90.1 Å². The predicted octanol–water partition coefficient (Wildman–Crippen LogP) is 2.23. The second-order valence-corrected chi connectivity index (χ2v) is 4.67. The molecule has 0 bridgehead atoms. The van der Waals surface area contributed by atoms with Gasteiger partial charge < -0.3 is 9.73 Å². The number of nitrogens with zero attached hydrogens (tertiary/aromatic N) is 1. The lowest BCUT2D eigenvalue weighted by Gasteiger charge is -2.30. The van der Waals surface area contributed by atoms with Crippen molar-refractivity contribution in [1.82, 2.24) is 10.3 Å². The van der Waals surface area contributed by atoms with E-state index in [4.69, 9.17) is 4.42 Å². The van der Waals surface area contributed by atoms with E-state index in [2.05, 4.69) is 38.0 Å². The maximum Gasteiger partial charge on any atom is 0.288 e. The van der Waals surface area contributed by atoms with Crippen molar-refractivity contribution < 1.29 is 9.21 Å². The number of hydrogen-bond donors (Lipinski definition) is 1. The molecule has 1 heterocycles. The molecule has 1 unspecified atom stereocenters. The topological polar surface area (TPSA) is 55.1 Å². The van der Waals surface area contributed by atoms with Crippen LogP contribution in [0.5, 0.6) is 0 Å². The molecule has 0 aromatic carbocycles. The predicted molar refractivity (Wildman–Crippen MR) is 57.5 cm³/mol. The van der Waals surface area contributed by atoms with Gasteiger partial charge in [0.15, 0.2) is 6.39 Å². The summed E-state index contributed by atoms with van der Waals surface area (Å²) in [5.41, 5.74) is 0.0461. The molecule has 0 spiro atoms. The molecule has 0 radical (unpaired) electrons. The average Bonchev–Trinajstić information content (AvgIpc) is 2.64. The zero-order valence-electron chi connectivity index (χ0n) is 9.70. The van der Waals surface area contributed by atoms with E-state index in [0.717, 1.165) is 6.42 Å². The highest BCUT2D eigenvalue weighted by Crippen LogP contribution is 2.21. The highest BCUT2D eigenvalue weighted by Gasteiger charge is 2.25. The number of nitrogens with one attached hydrogen (secondary N) is 1. The lowest BCUT2D eigenvalue weighted by molar-refractivity contribution is 0.0871. The Bertz CT molecular complexity index is 312. The Balaban J connectivity index is 2.65. The van der Waals surface area contributed by atoms with Crippen molar-refractivity contribution in [2.75, 3.05) is 0 Å². The van der Waals surface area contributed by atoms with E-state index in [9.17, 15) is 4.79 Å². The minimum atomic E-state index is -0.200. The SMILES string of the molecule is CCC(NC(=O)c1cnco1)C(C)(C)C.